The van der Waals surface area contributed by atoms with E-state index in [9.17, 15) is 9.59 Å². The van der Waals surface area contributed by atoms with E-state index >= 15 is 0 Å². The Morgan fingerprint density at radius 2 is 1.95 bits per heavy atom. The number of nitrogens with one attached hydrogen (secondary N) is 3. The predicted octanol–water partition coefficient (Wildman–Crippen LogP) is 1.12. The van der Waals surface area contributed by atoms with Crippen molar-refractivity contribution in [2.45, 2.75) is 20.4 Å². The molecule has 2 unspecified atom stereocenters. The van der Waals surface area contributed by atoms with Gasteiger partial charge in [0.2, 0.25) is 11.8 Å². The lowest BCUT2D eigenvalue weighted by molar-refractivity contribution is -0.125. The average molecular weight is 275 g/mol. The molecule has 2 atom stereocenters. The van der Waals surface area contributed by atoms with Crippen molar-refractivity contribution in [3.63, 3.8) is 0 Å². The Bertz CT molecular complexity index is 484. The lowest BCUT2D eigenvalue weighted by atomic mass is 9.97. The molecule has 1 aromatic carbocycles. The van der Waals surface area contributed by atoms with Crippen LogP contribution in [0.5, 0.6) is 0 Å². The van der Waals surface area contributed by atoms with Gasteiger partial charge in [0.05, 0.1) is 5.92 Å². The first-order valence-electron chi connectivity index (χ1n) is 6.91. The van der Waals surface area contributed by atoms with Crippen molar-refractivity contribution in [3.05, 3.63) is 29.8 Å². The molecule has 5 nitrogen and oxygen atoms in total. The minimum atomic E-state index is -0.0891. The van der Waals surface area contributed by atoms with Gasteiger partial charge < -0.3 is 16.0 Å². The average Bonchev–Trinajstić information content (AvgIpc) is 2.83. The molecule has 0 spiro atoms. The van der Waals surface area contributed by atoms with Gasteiger partial charge in [0.1, 0.15) is 0 Å². The van der Waals surface area contributed by atoms with Crippen LogP contribution in [0, 0.1) is 11.8 Å². The molecule has 2 rings (SSSR count). The van der Waals surface area contributed by atoms with E-state index in [1.807, 2.05) is 24.3 Å². The smallest absolute Gasteiger partial charge is 0.224 e. The maximum Gasteiger partial charge on any atom is 0.224 e. The van der Waals surface area contributed by atoms with Crippen LogP contribution >= 0.6 is 0 Å². The zero-order valence-corrected chi connectivity index (χ0v) is 11.9. The van der Waals surface area contributed by atoms with Crippen LogP contribution in [-0.2, 0) is 16.1 Å². The second kappa shape index (κ2) is 6.52. The normalized spacial score (nSPS) is 21.5. The zero-order valence-electron chi connectivity index (χ0n) is 11.9. The standard InChI is InChI=1S/C15H21N3O2/c1-10-7-16-9-14(10)15(20)17-8-12-3-5-13(6-4-12)18-11(2)19/h3-6,10,14,16H,7-9H2,1-2H3,(H,17,20)(H,18,19). The molecular weight excluding hydrogens is 254 g/mol. The van der Waals surface area contributed by atoms with Crippen molar-refractivity contribution in [3.8, 4) is 0 Å². The number of hydrogen-bond donors (Lipinski definition) is 3. The summed E-state index contributed by atoms with van der Waals surface area (Å²) in [5.74, 6) is 0.466. The number of amides is 2. The molecule has 0 radical (unpaired) electrons. The Kier molecular flexibility index (Phi) is 4.74. The topological polar surface area (TPSA) is 70.2 Å². The van der Waals surface area contributed by atoms with E-state index in [4.69, 9.17) is 0 Å². The summed E-state index contributed by atoms with van der Waals surface area (Å²) >= 11 is 0. The number of carbonyl (C=O) groups is 2. The third kappa shape index (κ3) is 3.81. The van der Waals surface area contributed by atoms with Crippen molar-refractivity contribution in [1.82, 2.24) is 10.6 Å². The van der Waals surface area contributed by atoms with Crippen LogP contribution in [-0.4, -0.2) is 24.9 Å². The third-order valence-electron chi connectivity index (χ3n) is 3.60. The number of carbonyl (C=O) groups excluding carboxylic acids is 2. The molecule has 1 saturated heterocycles. The first kappa shape index (κ1) is 14.5. The van der Waals surface area contributed by atoms with Gasteiger partial charge in [-0.25, -0.2) is 0 Å². The predicted molar refractivity (Wildman–Crippen MR) is 78.1 cm³/mol. The van der Waals surface area contributed by atoms with Gasteiger partial charge in [-0.15, -0.1) is 0 Å². The molecular formula is C15H21N3O2. The van der Waals surface area contributed by atoms with Gasteiger partial charge in [0.15, 0.2) is 0 Å². The molecule has 5 heteroatoms. The lowest BCUT2D eigenvalue weighted by Crippen LogP contribution is -2.33. The molecule has 1 aromatic rings. The van der Waals surface area contributed by atoms with Crippen LogP contribution in [0.15, 0.2) is 24.3 Å². The maximum atomic E-state index is 12.0. The van der Waals surface area contributed by atoms with E-state index in [1.54, 1.807) is 0 Å². The first-order chi connectivity index (χ1) is 9.56. The van der Waals surface area contributed by atoms with Crippen molar-refractivity contribution < 1.29 is 9.59 Å². The third-order valence-corrected chi connectivity index (χ3v) is 3.60. The minimum Gasteiger partial charge on any atom is -0.352 e. The van der Waals surface area contributed by atoms with Crippen LogP contribution in [0.4, 0.5) is 5.69 Å². The summed E-state index contributed by atoms with van der Waals surface area (Å²) in [6, 6.07) is 7.48. The molecule has 3 N–H and O–H groups in total. The highest BCUT2D eigenvalue weighted by Gasteiger charge is 2.29. The fraction of sp³-hybridized carbons (Fsp3) is 0.467. The summed E-state index contributed by atoms with van der Waals surface area (Å²) in [4.78, 5) is 23.0. The van der Waals surface area contributed by atoms with Gasteiger partial charge in [0, 0.05) is 25.7 Å². The van der Waals surface area contributed by atoms with E-state index in [0.717, 1.165) is 24.3 Å². The van der Waals surface area contributed by atoms with Crippen LogP contribution < -0.4 is 16.0 Å². The Labute approximate surface area is 119 Å². The number of anilines is 1. The fourth-order valence-corrected chi connectivity index (χ4v) is 2.39. The van der Waals surface area contributed by atoms with Gasteiger partial charge in [-0.3, -0.25) is 9.59 Å². The largest absolute Gasteiger partial charge is 0.352 e. The molecule has 0 saturated carbocycles. The molecule has 108 valence electrons. The molecule has 1 aliphatic rings. The Hall–Kier alpha value is -1.88. The molecule has 0 bridgehead atoms. The van der Waals surface area contributed by atoms with Crippen molar-refractivity contribution in [2.75, 3.05) is 18.4 Å². The van der Waals surface area contributed by atoms with Gasteiger partial charge in [-0.05, 0) is 30.2 Å². The van der Waals surface area contributed by atoms with Gasteiger partial charge >= 0.3 is 0 Å². The summed E-state index contributed by atoms with van der Waals surface area (Å²) in [6.07, 6.45) is 0. The van der Waals surface area contributed by atoms with Gasteiger partial charge in [-0.1, -0.05) is 19.1 Å². The number of hydrogen-bond acceptors (Lipinski definition) is 3. The molecule has 2 amide bonds. The highest BCUT2D eigenvalue weighted by molar-refractivity contribution is 5.88. The van der Waals surface area contributed by atoms with E-state index in [1.165, 1.54) is 6.92 Å². The fourth-order valence-electron chi connectivity index (χ4n) is 2.39. The quantitative estimate of drug-likeness (QED) is 0.771. The van der Waals surface area contributed by atoms with E-state index in [-0.39, 0.29) is 17.7 Å². The van der Waals surface area contributed by atoms with Crippen molar-refractivity contribution in [1.29, 1.82) is 0 Å². The zero-order chi connectivity index (χ0) is 14.5. The second-order valence-corrected chi connectivity index (χ2v) is 5.34. The maximum absolute atomic E-state index is 12.0. The van der Waals surface area contributed by atoms with Crippen molar-refractivity contribution >= 4 is 17.5 Å². The first-order valence-corrected chi connectivity index (χ1v) is 6.91. The van der Waals surface area contributed by atoms with Crippen molar-refractivity contribution in [2.24, 2.45) is 11.8 Å². The molecule has 20 heavy (non-hydrogen) atoms. The summed E-state index contributed by atoms with van der Waals surface area (Å²) in [6.45, 7) is 5.75. The summed E-state index contributed by atoms with van der Waals surface area (Å²) in [5, 5.41) is 8.90. The van der Waals surface area contributed by atoms with Gasteiger partial charge in [0.25, 0.3) is 0 Å². The molecule has 1 aliphatic heterocycles. The molecule has 0 aromatic heterocycles. The highest BCUT2D eigenvalue weighted by Crippen LogP contribution is 2.16. The van der Waals surface area contributed by atoms with E-state index in [0.29, 0.717) is 12.5 Å². The van der Waals surface area contributed by atoms with E-state index in [2.05, 4.69) is 22.9 Å². The molecule has 0 aliphatic carbocycles. The summed E-state index contributed by atoms with van der Waals surface area (Å²) in [7, 11) is 0. The minimum absolute atomic E-state index is 0.0636. The molecule has 1 heterocycles. The number of rotatable bonds is 4. The van der Waals surface area contributed by atoms with Gasteiger partial charge in [-0.2, -0.15) is 0 Å². The Morgan fingerprint density at radius 1 is 1.25 bits per heavy atom. The van der Waals surface area contributed by atoms with Crippen LogP contribution in [0.2, 0.25) is 0 Å². The highest BCUT2D eigenvalue weighted by atomic mass is 16.2. The summed E-state index contributed by atoms with van der Waals surface area (Å²) < 4.78 is 0. The second-order valence-electron chi connectivity index (χ2n) is 5.34. The lowest BCUT2D eigenvalue weighted by Gasteiger charge is -2.14. The molecule has 1 fully saturated rings. The SMILES string of the molecule is CC(=O)Nc1ccc(CNC(=O)C2CNCC2C)cc1. The van der Waals surface area contributed by atoms with E-state index < -0.39 is 0 Å². The monoisotopic (exact) mass is 275 g/mol. The van der Waals surface area contributed by atoms with Crippen LogP contribution in [0.25, 0.3) is 0 Å². The van der Waals surface area contributed by atoms with Crippen LogP contribution in [0.3, 0.4) is 0 Å². The Balaban J connectivity index is 1.84. The number of benzene rings is 1. The summed E-state index contributed by atoms with van der Waals surface area (Å²) in [5.41, 5.74) is 1.78. The Morgan fingerprint density at radius 3 is 2.50 bits per heavy atom. The van der Waals surface area contributed by atoms with Crippen LogP contribution in [0.1, 0.15) is 19.4 Å².